The van der Waals surface area contributed by atoms with Crippen LogP contribution in [0.1, 0.15) is 17.5 Å². The maximum Gasteiger partial charge on any atom is 0.116 e. The van der Waals surface area contributed by atoms with Crippen LogP contribution in [0.25, 0.3) is 0 Å². The second kappa shape index (κ2) is 10.0. The Labute approximate surface area is 196 Å². The Morgan fingerprint density at radius 3 is 1.42 bits per heavy atom. The SMILES string of the molecule is COC1C=CC(Cc2ccccc2)=CC1(O)CC1(O)C=C(Cc2ccccc2)C=CC1OC. The van der Waals surface area contributed by atoms with Gasteiger partial charge in [0, 0.05) is 20.6 Å². The van der Waals surface area contributed by atoms with Crippen molar-refractivity contribution in [1.29, 1.82) is 0 Å². The maximum atomic E-state index is 11.8. The molecule has 4 atom stereocenters. The van der Waals surface area contributed by atoms with Gasteiger partial charge in [-0.25, -0.2) is 0 Å². The van der Waals surface area contributed by atoms with E-state index in [2.05, 4.69) is 24.3 Å². The third kappa shape index (κ3) is 5.43. The van der Waals surface area contributed by atoms with Crippen molar-refractivity contribution in [1.82, 2.24) is 0 Å². The highest BCUT2D eigenvalue weighted by molar-refractivity contribution is 5.40. The number of hydrogen-bond acceptors (Lipinski definition) is 4. The number of methoxy groups -OCH3 is 2. The fourth-order valence-corrected chi connectivity index (χ4v) is 4.86. The van der Waals surface area contributed by atoms with E-state index in [9.17, 15) is 10.2 Å². The van der Waals surface area contributed by atoms with Gasteiger partial charge in [0.2, 0.25) is 0 Å². The van der Waals surface area contributed by atoms with Gasteiger partial charge >= 0.3 is 0 Å². The lowest BCUT2D eigenvalue weighted by Crippen LogP contribution is -2.53. The Morgan fingerprint density at radius 2 is 1.06 bits per heavy atom. The monoisotopic (exact) mass is 444 g/mol. The Balaban J connectivity index is 1.62. The van der Waals surface area contributed by atoms with E-state index in [0.717, 1.165) is 22.3 Å². The molecule has 0 heterocycles. The summed E-state index contributed by atoms with van der Waals surface area (Å²) >= 11 is 0. The highest BCUT2D eigenvalue weighted by Crippen LogP contribution is 2.38. The van der Waals surface area contributed by atoms with Crippen LogP contribution in [-0.2, 0) is 22.3 Å². The summed E-state index contributed by atoms with van der Waals surface area (Å²) in [6.45, 7) is 0. The Kier molecular flexibility index (Phi) is 7.11. The standard InChI is InChI=1S/C29H32O4/c1-32-26-15-13-24(17-22-9-5-3-6-10-22)19-28(26,30)21-29(31)20-25(14-16-27(29)33-2)18-23-11-7-4-8-12-23/h3-16,19-20,26-27,30-31H,17-18,21H2,1-2H3. The van der Waals surface area contributed by atoms with E-state index in [-0.39, 0.29) is 6.42 Å². The molecule has 0 bridgehead atoms. The first-order valence-corrected chi connectivity index (χ1v) is 11.3. The number of allylic oxidation sites excluding steroid dienone is 4. The molecule has 0 spiro atoms. The van der Waals surface area contributed by atoms with E-state index in [4.69, 9.17) is 9.47 Å². The van der Waals surface area contributed by atoms with Crippen molar-refractivity contribution in [3.05, 3.63) is 119 Å². The van der Waals surface area contributed by atoms with Gasteiger partial charge in [-0.2, -0.15) is 0 Å². The average molecular weight is 445 g/mol. The molecular formula is C29H32O4. The third-order valence-corrected chi connectivity index (χ3v) is 6.40. The van der Waals surface area contributed by atoms with Crippen LogP contribution >= 0.6 is 0 Å². The minimum absolute atomic E-state index is 0.0439. The smallest absolute Gasteiger partial charge is 0.116 e. The molecule has 0 saturated carbocycles. The molecule has 0 fully saturated rings. The summed E-state index contributed by atoms with van der Waals surface area (Å²) in [5.41, 5.74) is 1.50. The van der Waals surface area contributed by atoms with Gasteiger partial charge in [-0.15, -0.1) is 0 Å². The largest absolute Gasteiger partial charge is 0.383 e. The van der Waals surface area contributed by atoms with Gasteiger partial charge in [-0.3, -0.25) is 0 Å². The maximum absolute atomic E-state index is 11.8. The molecule has 172 valence electrons. The Bertz CT molecular complexity index is 968. The predicted molar refractivity (Wildman–Crippen MR) is 131 cm³/mol. The van der Waals surface area contributed by atoms with Gasteiger partial charge in [0.25, 0.3) is 0 Å². The summed E-state index contributed by atoms with van der Waals surface area (Å²) in [6, 6.07) is 20.3. The number of rotatable bonds is 8. The van der Waals surface area contributed by atoms with E-state index >= 15 is 0 Å². The average Bonchev–Trinajstić information content (AvgIpc) is 2.80. The van der Waals surface area contributed by atoms with Crippen LogP contribution in [0.5, 0.6) is 0 Å². The van der Waals surface area contributed by atoms with E-state index in [1.54, 1.807) is 14.2 Å². The highest BCUT2D eigenvalue weighted by atomic mass is 16.5. The van der Waals surface area contributed by atoms with E-state index in [0.29, 0.717) is 12.8 Å². The van der Waals surface area contributed by atoms with E-state index < -0.39 is 23.4 Å². The Hall–Kier alpha value is -2.76. The fraction of sp³-hybridized carbons (Fsp3) is 0.310. The zero-order valence-electron chi connectivity index (χ0n) is 19.2. The molecule has 4 unspecified atom stereocenters. The van der Waals surface area contributed by atoms with Crippen molar-refractivity contribution >= 4 is 0 Å². The topological polar surface area (TPSA) is 58.9 Å². The molecule has 0 aromatic heterocycles. The highest BCUT2D eigenvalue weighted by Gasteiger charge is 2.47. The molecule has 2 aliphatic rings. The van der Waals surface area contributed by atoms with Crippen molar-refractivity contribution < 1.29 is 19.7 Å². The quantitative estimate of drug-likeness (QED) is 0.636. The van der Waals surface area contributed by atoms with Crippen molar-refractivity contribution in [3.63, 3.8) is 0 Å². The number of hydrogen-bond donors (Lipinski definition) is 2. The van der Waals surface area contributed by atoms with Crippen molar-refractivity contribution in [2.45, 2.75) is 42.7 Å². The van der Waals surface area contributed by atoms with Crippen LogP contribution in [0.2, 0.25) is 0 Å². The minimum atomic E-state index is -1.39. The first kappa shape index (κ1) is 23.4. The molecule has 0 aliphatic heterocycles. The molecule has 4 heteroatoms. The summed E-state index contributed by atoms with van der Waals surface area (Å²) in [5, 5.41) is 23.5. The number of benzene rings is 2. The summed E-state index contributed by atoms with van der Waals surface area (Å²) in [7, 11) is 3.15. The molecule has 33 heavy (non-hydrogen) atoms. The minimum Gasteiger partial charge on any atom is -0.383 e. The fourth-order valence-electron chi connectivity index (χ4n) is 4.86. The zero-order valence-corrected chi connectivity index (χ0v) is 19.2. The van der Waals surface area contributed by atoms with Crippen molar-refractivity contribution in [2.24, 2.45) is 0 Å². The molecule has 2 N–H and O–H groups in total. The lowest BCUT2D eigenvalue weighted by Gasteiger charge is -2.43. The van der Waals surface area contributed by atoms with E-state index in [1.165, 1.54) is 0 Å². The van der Waals surface area contributed by atoms with Gasteiger partial charge in [0.05, 0.1) is 0 Å². The van der Waals surface area contributed by atoms with Crippen LogP contribution in [0.4, 0.5) is 0 Å². The molecular weight excluding hydrogens is 412 g/mol. The van der Waals surface area contributed by atoms with Gasteiger partial charge in [0.15, 0.2) is 0 Å². The molecule has 0 saturated heterocycles. The van der Waals surface area contributed by atoms with Crippen molar-refractivity contribution in [2.75, 3.05) is 14.2 Å². The van der Waals surface area contributed by atoms with Crippen LogP contribution < -0.4 is 0 Å². The van der Waals surface area contributed by atoms with Crippen LogP contribution in [-0.4, -0.2) is 47.8 Å². The lowest BCUT2D eigenvalue weighted by atomic mass is 9.74. The van der Waals surface area contributed by atoms with Gasteiger partial charge in [-0.1, -0.05) is 85.0 Å². The number of ether oxygens (including phenoxy) is 2. The zero-order chi connectivity index (χ0) is 23.3. The first-order valence-electron chi connectivity index (χ1n) is 11.3. The van der Waals surface area contributed by atoms with Gasteiger partial charge < -0.3 is 19.7 Å². The third-order valence-electron chi connectivity index (χ3n) is 6.40. The summed E-state index contributed by atoms with van der Waals surface area (Å²) in [4.78, 5) is 0. The first-order chi connectivity index (χ1) is 15.9. The summed E-state index contributed by atoms with van der Waals surface area (Å²) < 4.78 is 11.2. The normalized spacial score (nSPS) is 29.0. The molecule has 2 aliphatic carbocycles. The second-order valence-corrected chi connectivity index (χ2v) is 8.95. The predicted octanol–water partition coefficient (Wildman–Crippen LogP) is 4.35. The van der Waals surface area contributed by atoms with Crippen LogP contribution in [0.15, 0.2) is 108 Å². The van der Waals surface area contributed by atoms with Gasteiger partial charge in [-0.05, 0) is 47.3 Å². The molecule has 0 amide bonds. The number of aliphatic hydroxyl groups is 2. The summed E-state index contributed by atoms with van der Waals surface area (Å²) in [5.74, 6) is 0. The van der Waals surface area contributed by atoms with Crippen molar-refractivity contribution in [3.8, 4) is 0 Å². The van der Waals surface area contributed by atoms with Gasteiger partial charge in [0.1, 0.15) is 23.4 Å². The molecule has 2 aromatic carbocycles. The second-order valence-electron chi connectivity index (χ2n) is 8.95. The summed E-state index contributed by atoms with van der Waals surface area (Å²) in [6.07, 6.45) is 11.7. The van der Waals surface area contributed by atoms with E-state index in [1.807, 2.05) is 72.9 Å². The molecule has 0 radical (unpaired) electrons. The van der Waals surface area contributed by atoms with Crippen LogP contribution in [0, 0.1) is 0 Å². The Morgan fingerprint density at radius 1 is 0.667 bits per heavy atom. The molecule has 4 nitrogen and oxygen atoms in total. The lowest BCUT2D eigenvalue weighted by molar-refractivity contribution is -0.114. The molecule has 2 aromatic rings. The molecule has 4 rings (SSSR count). The van der Waals surface area contributed by atoms with Crippen LogP contribution in [0.3, 0.4) is 0 Å².